The maximum absolute atomic E-state index is 4.51. The van der Waals surface area contributed by atoms with Crippen LogP contribution in [0.5, 0.6) is 0 Å². The minimum atomic E-state index is 0.747. The van der Waals surface area contributed by atoms with E-state index in [9.17, 15) is 0 Å². The molecule has 0 amide bonds. The van der Waals surface area contributed by atoms with Gasteiger partial charge in [0, 0.05) is 40.2 Å². The van der Waals surface area contributed by atoms with E-state index in [2.05, 4.69) is 63.0 Å². The third-order valence-corrected chi connectivity index (χ3v) is 5.84. The van der Waals surface area contributed by atoms with Gasteiger partial charge in [-0.05, 0) is 23.1 Å². The topological polar surface area (TPSA) is 38.7 Å². The first-order chi connectivity index (χ1) is 11.9. The molecule has 0 radical (unpaired) electrons. The Morgan fingerprint density at radius 3 is 2.62 bits per heavy atom. The monoisotopic (exact) mass is 349 g/mol. The predicted octanol–water partition coefficient (Wildman–Crippen LogP) is 4.97. The fourth-order valence-corrected chi connectivity index (χ4v) is 4.35. The van der Waals surface area contributed by atoms with E-state index in [1.165, 1.54) is 15.6 Å². The van der Waals surface area contributed by atoms with Crippen LogP contribution in [0.3, 0.4) is 0 Å². The molecule has 0 aliphatic heterocycles. The second-order valence-electron chi connectivity index (χ2n) is 5.40. The maximum Gasteiger partial charge on any atom is 0.127 e. The van der Waals surface area contributed by atoms with E-state index < -0.39 is 0 Å². The molecule has 0 atom stereocenters. The molecule has 0 saturated carbocycles. The van der Waals surface area contributed by atoms with Gasteiger partial charge in [-0.3, -0.25) is 4.98 Å². The van der Waals surface area contributed by atoms with Crippen molar-refractivity contribution < 1.29 is 0 Å². The SMILES string of the molecule is c1cncc(Cc2nnc(SCc3cccs3)c3ccccc23)c1. The van der Waals surface area contributed by atoms with Gasteiger partial charge in [0.1, 0.15) is 5.03 Å². The average molecular weight is 349 g/mol. The van der Waals surface area contributed by atoms with Crippen molar-refractivity contribution in [1.82, 2.24) is 15.2 Å². The van der Waals surface area contributed by atoms with Gasteiger partial charge < -0.3 is 0 Å². The zero-order chi connectivity index (χ0) is 16.2. The molecule has 24 heavy (non-hydrogen) atoms. The molecule has 0 aliphatic rings. The van der Waals surface area contributed by atoms with Gasteiger partial charge in [0.25, 0.3) is 0 Å². The number of aromatic nitrogens is 3. The number of thiophene rings is 1. The summed E-state index contributed by atoms with van der Waals surface area (Å²) in [6.45, 7) is 0. The molecule has 0 aliphatic carbocycles. The summed E-state index contributed by atoms with van der Waals surface area (Å²) in [6, 6.07) is 16.7. The molecule has 0 spiro atoms. The van der Waals surface area contributed by atoms with Gasteiger partial charge in [-0.2, -0.15) is 5.10 Å². The molecule has 3 nitrogen and oxygen atoms in total. The van der Waals surface area contributed by atoms with Crippen LogP contribution in [0, 0.1) is 0 Å². The van der Waals surface area contributed by atoms with Crippen molar-refractivity contribution in [2.45, 2.75) is 17.2 Å². The summed E-state index contributed by atoms with van der Waals surface area (Å²) < 4.78 is 0. The van der Waals surface area contributed by atoms with Crippen LogP contribution < -0.4 is 0 Å². The Morgan fingerprint density at radius 2 is 1.83 bits per heavy atom. The number of rotatable bonds is 5. The third kappa shape index (κ3) is 3.32. The molecule has 5 heteroatoms. The van der Waals surface area contributed by atoms with Crippen molar-refractivity contribution in [1.29, 1.82) is 0 Å². The highest BCUT2D eigenvalue weighted by atomic mass is 32.2. The number of benzene rings is 1. The first-order valence-electron chi connectivity index (χ1n) is 7.68. The van der Waals surface area contributed by atoms with Gasteiger partial charge >= 0.3 is 0 Å². The van der Waals surface area contributed by atoms with Gasteiger partial charge in [0.15, 0.2) is 0 Å². The van der Waals surface area contributed by atoms with E-state index >= 15 is 0 Å². The molecule has 1 aromatic carbocycles. The summed E-state index contributed by atoms with van der Waals surface area (Å²) in [5.74, 6) is 0.929. The number of hydrogen-bond acceptors (Lipinski definition) is 5. The maximum atomic E-state index is 4.51. The Kier molecular flexibility index (Phi) is 4.53. The van der Waals surface area contributed by atoms with E-state index in [0.717, 1.165) is 28.5 Å². The van der Waals surface area contributed by atoms with Gasteiger partial charge in [0.2, 0.25) is 0 Å². The molecule has 3 heterocycles. The Labute approximate surface area is 148 Å². The van der Waals surface area contributed by atoms with E-state index in [4.69, 9.17) is 0 Å². The molecule has 0 saturated heterocycles. The van der Waals surface area contributed by atoms with Crippen molar-refractivity contribution in [3.8, 4) is 0 Å². The molecular formula is C19H15N3S2. The van der Waals surface area contributed by atoms with Gasteiger partial charge in [0.05, 0.1) is 5.69 Å². The Bertz CT molecular complexity index is 937. The van der Waals surface area contributed by atoms with Gasteiger partial charge in [-0.15, -0.1) is 16.4 Å². The summed E-state index contributed by atoms with van der Waals surface area (Å²) in [7, 11) is 0. The minimum absolute atomic E-state index is 0.747. The molecule has 0 unspecified atom stereocenters. The summed E-state index contributed by atoms with van der Waals surface area (Å²) in [5.41, 5.74) is 2.15. The Hall–Kier alpha value is -2.24. The van der Waals surface area contributed by atoms with Crippen LogP contribution in [0.4, 0.5) is 0 Å². The van der Waals surface area contributed by atoms with Crippen molar-refractivity contribution in [3.63, 3.8) is 0 Å². The number of hydrogen-bond donors (Lipinski definition) is 0. The minimum Gasteiger partial charge on any atom is -0.264 e. The molecule has 118 valence electrons. The predicted molar refractivity (Wildman–Crippen MR) is 100 cm³/mol. The molecule has 0 N–H and O–H groups in total. The second-order valence-corrected chi connectivity index (χ2v) is 7.40. The zero-order valence-corrected chi connectivity index (χ0v) is 14.6. The molecule has 4 rings (SSSR count). The van der Waals surface area contributed by atoms with Crippen molar-refractivity contribution >= 4 is 33.9 Å². The quantitative estimate of drug-likeness (QED) is 0.477. The lowest BCUT2D eigenvalue weighted by molar-refractivity contribution is 0.894. The Balaban J connectivity index is 1.66. The van der Waals surface area contributed by atoms with E-state index in [1.54, 1.807) is 29.3 Å². The number of pyridine rings is 1. The highest BCUT2D eigenvalue weighted by Crippen LogP contribution is 2.30. The second kappa shape index (κ2) is 7.11. The lowest BCUT2D eigenvalue weighted by Crippen LogP contribution is -1.99. The lowest BCUT2D eigenvalue weighted by atomic mass is 10.1. The number of nitrogens with zero attached hydrogens (tertiary/aromatic N) is 3. The van der Waals surface area contributed by atoms with Crippen LogP contribution in [0.25, 0.3) is 10.8 Å². The van der Waals surface area contributed by atoms with Gasteiger partial charge in [-0.1, -0.05) is 48.2 Å². The van der Waals surface area contributed by atoms with Crippen LogP contribution in [-0.2, 0) is 12.2 Å². The normalized spacial score (nSPS) is 11.0. The summed E-state index contributed by atoms with van der Waals surface area (Å²) in [6.07, 6.45) is 4.42. The number of fused-ring (bicyclic) bond motifs is 1. The fraction of sp³-hybridized carbons (Fsp3) is 0.105. The Morgan fingerprint density at radius 1 is 0.917 bits per heavy atom. The van der Waals surface area contributed by atoms with Crippen LogP contribution in [-0.4, -0.2) is 15.2 Å². The summed E-state index contributed by atoms with van der Waals surface area (Å²) >= 11 is 3.52. The van der Waals surface area contributed by atoms with Crippen LogP contribution >= 0.6 is 23.1 Å². The standard InChI is InChI=1S/C19H15N3S2/c1-2-8-17-16(7-1)18(11-14-5-3-9-20-12-14)21-22-19(17)24-13-15-6-4-10-23-15/h1-10,12H,11,13H2. The van der Waals surface area contributed by atoms with Crippen molar-refractivity contribution in [2.24, 2.45) is 0 Å². The summed E-state index contributed by atoms with van der Waals surface area (Å²) in [5, 5.41) is 14.5. The first-order valence-corrected chi connectivity index (χ1v) is 9.55. The van der Waals surface area contributed by atoms with Crippen molar-refractivity contribution in [3.05, 3.63) is 82.4 Å². The third-order valence-electron chi connectivity index (χ3n) is 3.76. The van der Waals surface area contributed by atoms with Crippen LogP contribution in [0.1, 0.15) is 16.1 Å². The highest BCUT2D eigenvalue weighted by Gasteiger charge is 2.10. The van der Waals surface area contributed by atoms with Crippen LogP contribution in [0.2, 0.25) is 0 Å². The molecule has 0 fully saturated rings. The molecular weight excluding hydrogens is 334 g/mol. The largest absolute Gasteiger partial charge is 0.264 e. The van der Waals surface area contributed by atoms with Crippen LogP contribution in [0.15, 0.2) is 71.3 Å². The number of thioether (sulfide) groups is 1. The smallest absolute Gasteiger partial charge is 0.127 e. The molecule has 0 bridgehead atoms. The summed E-state index contributed by atoms with van der Waals surface area (Å²) in [4.78, 5) is 5.54. The fourth-order valence-electron chi connectivity index (χ4n) is 2.60. The molecule has 3 aromatic heterocycles. The van der Waals surface area contributed by atoms with E-state index in [-0.39, 0.29) is 0 Å². The van der Waals surface area contributed by atoms with E-state index in [1.807, 2.05) is 12.3 Å². The van der Waals surface area contributed by atoms with Crippen molar-refractivity contribution in [2.75, 3.05) is 0 Å². The van der Waals surface area contributed by atoms with Gasteiger partial charge in [-0.25, -0.2) is 0 Å². The highest BCUT2D eigenvalue weighted by molar-refractivity contribution is 7.98. The zero-order valence-electron chi connectivity index (χ0n) is 12.9. The molecule has 4 aromatic rings. The average Bonchev–Trinajstić information content (AvgIpc) is 3.15. The lowest BCUT2D eigenvalue weighted by Gasteiger charge is -2.08. The van der Waals surface area contributed by atoms with E-state index in [0.29, 0.717) is 0 Å². The first kappa shape index (κ1) is 15.3.